The number of anilines is 1. The summed E-state index contributed by atoms with van der Waals surface area (Å²) in [5.41, 5.74) is 0. The standard InChI is InChI=1S/C12H16BrN5/c1-3-5-14-11-6-12(17-10(4-2)16-11)18-8-9(13)7-15-18/h6-8H,3-5H2,1-2H3,(H,14,16,17). The first-order chi connectivity index (χ1) is 8.72. The molecule has 0 aliphatic rings. The van der Waals surface area contributed by atoms with E-state index in [9.17, 15) is 0 Å². The van der Waals surface area contributed by atoms with E-state index in [4.69, 9.17) is 0 Å². The molecule has 2 aromatic rings. The quantitative estimate of drug-likeness (QED) is 0.922. The fraction of sp³-hybridized carbons (Fsp3) is 0.417. The average Bonchev–Trinajstić information content (AvgIpc) is 2.82. The summed E-state index contributed by atoms with van der Waals surface area (Å²) in [6.45, 7) is 5.07. The van der Waals surface area contributed by atoms with E-state index in [2.05, 4.69) is 43.2 Å². The number of aryl methyl sites for hydroxylation is 1. The lowest BCUT2D eigenvalue weighted by atomic mass is 10.4. The molecule has 6 heteroatoms. The smallest absolute Gasteiger partial charge is 0.159 e. The SMILES string of the molecule is CCCNc1cc(-n2cc(Br)cn2)nc(CC)n1. The molecule has 0 saturated heterocycles. The Kier molecular flexibility index (Phi) is 4.30. The van der Waals surface area contributed by atoms with Gasteiger partial charge in [-0.25, -0.2) is 14.6 Å². The lowest BCUT2D eigenvalue weighted by Crippen LogP contribution is -2.08. The molecule has 2 aromatic heterocycles. The first kappa shape index (κ1) is 13.0. The monoisotopic (exact) mass is 309 g/mol. The molecule has 0 amide bonds. The van der Waals surface area contributed by atoms with E-state index in [0.29, 0.717) is 0 Å². The van der Waals surface area contributed by atoms with Gasteiger partial charge in [0, 0.05) is 25.2 Å². The fourth-order valence-corrected chi connectivity index (χ4v) is 1.81. The van der Waals surface area contributed by atoms with Gasteiger partial charge in [0.1, 0.15) is 11.6 Å². The maximum Gasteiger partial charge on any atom is 0.159 e. The highest BCUT2D eigenvalue weighted by molar-refractivity contribution is 9.10. The summed E-state index contributed by atoms with van der Waals surface area (Å²) >= 11 is 3.38. The van der Waals surface area contributed by atoms with Crippen LogP contribution < -0.4 is 5.32 Å². The van der Waals surface area contributed by atoms with Gasteiger partial charge in [0.2, 0.25) is 0 Å². The molecule has 0 spiro atoms. The van der Waals surface area contributed by atoms with E-state index in [1.807, 2.05) is 19.2 Å². The third-order valence-corrected chi connectivity index (χ3v) is 2.83. The van der Waals surface area contributed by atoms with Crippen LogP contribution in [0.15, 0.2) is 22.9 Å². The Morgan fingerprint density at radius 1 is 1.33 bits per heavy atom. The van der Waals surface area contributed by atoms with Gasteiger partial charge in [-0.15, -0.1) is 0 Å². The van der Waals surface area contributed by atoms with Crippen molar-refractivity contribution in [2.24, 2.45) is 0 Å². The van der Waals surface area contributed by atoms with Gasteiger partial charge in [0.05, 0.1) is 10.7 Å². The van der Waals surface area contributed by atoms with Crippen molar-refractivity contribution in [3.63, 3.8) is 0 Å². The van der Waals surface area contributed by atoms with Crippen LogP contribution in [0.5, 0.6) is 0 Å². The molecule has 0 bridgehead atoms. The average molecular weight is 310 g/mol. The van der Waals surface area contributed by atoms with Crippen LogP contribution in [0.4, 0.5) is 5.82 Å². The summed E-state index contributed by atoms with van der Waals surface area (Å²) in [4.78, 5) is 8.92. The summed E-state index contributed by atoms with van der Waals surface area (Å²) in [6, 6.07) is 1.91. The molecule has 0 unspecified atom stereocenters. The zero-order chi connectivity index (χ0) is 13.0. The fourth-order valence-electron chi connectivity index (χ4n) is 1.53. The molecular weight excluding hydrogens is 294 g/mol. The van der Waals surface area contributed by atoms with Crippen molar-refractivity contribution in [3.05, 3.63) is 28.8 Å². The normalized spacial score (nSPS) is 10.6. The van der Waals surface area contributed by atoms with Crippen LogP contribution in [0.1, 0.15) is 26.1 Å². The number of hydrogen-bond acceptors (Lipinski definition) is 4. The lowest BCUT2D eigenvalue weighted by molar-refractivity contribution is 0.811. The largest absolute Gasteiger partial charge is 0.370 e. The highest BCUT2D eigenvalue weighted by atomic mass is 79.9. The van der Waals surface area contributed by atoms with Gasteiger partial charge in [-0.1, -0.05) is 13.8 Å². The van der Waals surface area contributed by atoms with Gasteiger partial charge in [0.25, 0.3) is 0 Å². The molecule has 96 valence electrons. The maximum atomic E-state index is 4.47. The number of nitrogens with zero attached hydrogens (tertiary/aromatic N) is 4. The van der Waals surface area contributed by atoms with Crippen molar-refractivity contribution in [1.29, 1.82) is 0 Å². The van der Waals surface area contributed by atoms with Gasteiger partial charge in [-0.2, -0.15) is 5.10 Å². The Balaban J connectivity index is 2.34. The molecule has 0 aliphatic heterocycles. The molecule has 1 N–H and O–H groups in total. The third kappa shape index (κ3) is 3.07. The van der Waals surface area contributed by atoms with E-state index in [1.165, 1.54) is 0 Å². The Bertz CT molecular complexity index is 523. The second kappa shape index (κ2) is 5.95. The van der Waals surface area contributed by atoms with E-state index < -0.39 is 0 Å². The first-order valence-electron chi connectivity index (χ1n) is 6.05. The van der Waals surface area contributed by atoms with Crippen LogP contribution in [0.25, 0.3) is 5.82 Å². The number of halogens is 1. The Morgan fingerprint density at radius 3 is 2.78 bits per heavy atom. The predicted octanol–water partition coefficient (Wildman–Crippen LogP) is 2.81. The van der Waals surface area contributed by atoms with Crippen LogP contribution >= 0.6 is 15.9 Å². The molecule has 0 fully saturated rings. The van der Waals surface area contributed by atoms with Crippen LogP contribution in [0.2, 0.25) is 0 Å². The number of nitrogens with one attached hydrogen (secondary N) is 1. The van der Waals surface area contributed by atoms with Crippen molar-refractivity contribution in [2.45, 2.75) is 26.7 Å². The van der Waals surface area contributed by atoms with Crippen LogP contribution in [0.3, 0.4) is 0 Å². The molecule has 18 heavy (non-hydrogen) atoms. The minimum atomic E-state index is 0.783. The summed E-state index contributed by atoms with van der Waals surface area (Å²) in [5, 5.41) is 7.52. The Labute approximate surface area is 115 Å². The molecule has 2 heterocycles. The summed E-state index contributed by atoms with van der Waals surface area (Å²) in [7, 11) is 0. The van der Waals surface area contributed by atoms with Gasteiger partial charge in [-0.3, -0.25) is 0 Å². The zero-order valence-electron chi connectivity index (χ0n) is 10.5. The van der Waals surface area contributed by atoms with E-state index in [1.54, 1.807) is 10.9 Å². The Hall–Kier alpha value is -1.43. The zero-order valence-corrected chi connectivity index (χ0v) is 12.1. The highest BCUT2D eigenvalue weighted by Crippen LogP contribution is 2.14. The van der Waals surface area contributed by atoms with E-state index in [0.717, 1.165) is 41.3 Å². The Morgan fingerprint density at radius 2 is 2.17 bits per heavy atom. The minimum absolute atomic E-state index is 0.783. The van der Waals surface area contributed by atoms with Crippen molar-refractivity contribution in [2.75, 3.05) is 11.9 Å². The van der Waals surface area contributed by atoms with Crippen molar-refractivity contribution in [3.8, 4) is 5.82 Å². The summed E-state index contributed by atoms with van der Waals surface area (Å²) in [6.07, 6.45) is 5.49. The predicted molar refractivity (Wildman–Crippen MR) is 75.0 cm³/mol. The maximum absolute atomic E-state index is 4.47. The highest BCUT2D eigenvalue weighted by Gasteiger charge is 2.06. The molecule has 0 aliphatic carbocycles. The van der Waals surface area contributed by atoms with Gasteiger partial charge in [0.15, 0.2) is 5.82 Å². The summed E-state index contributed by atoms with van der Waals surface area (Å²) in [5.74, 6) is 2.45. The van der Waals surface area contributed by atoms with E-state index >= 15 is 0 Å². The second-order valence-corrected chi connectivity index (χ2v) is 4.83. The van der Waals surface area contributed by atoms with Crippen LogP contribution in [-0.4, -0.2) is 26.3 Å². The molecule has 0 saturated carbocycles. The van der Waals surface area contributed by atoms with Gasteiger partial charge >= 0.3 is 0 Å². The molecule has 0 radical (unpaired) electrons. The van der Waals surface area contributed by atoms with E-state index in [-0.39, 0.29) is 0 Å². The van der Waals surface area contributed by atoms with Gasteiger partial charge in [-0.05, 0) is 22.4 Å². The topological polar surface area (TPSA) is 55.6 Å². The van der Waals surface area contributed by atoms with Gasteiger partial charge < -0.3 is 5.32 Å². The minimum Gasteiger partial charge on any atom is -0.370 e. The molecule has 0 atom stereocenters. The number of aromatic nitrogens is 4. The van der Waals surface area contributed by atoms with Crippen molar-refractivity contribution < 1.29 is 0 Å². The third-order valence-electron chi connectivity index (χ3n) is 2.42. The van der Waals surface area contributed by atoms with Crippen molar-refractivity contribution in [1.82, 2.24) is 19.7 Å². The van der Waals surface area contributed by atoms with Crippen LogP contribution in [0, 0.1) is 0 Å². The molecular formula is C12H16BrN5. The second-order valence-electron chi connectivity index (χ2n) is 3.91. The molecule has 0 aromatic carbocycles. The van der Waals surface area contributed by atoms with Crippen molar-refractivity contribution >= 4 is 21.7 Å². The molecule has 5 nitrogen and oxygen atoms in total. The number of rotatable bonds is 5. The van der Waals surface area contributed by atoms with Crippen LogP contribution in [-0.2, 0) is 6.42 Å². The number of hydrogen-bond donors (Lipinski definition) is 1. The molecule has 2 rings (SSSR count). The lowest BCUT2D eigenvalue weighted by Gasteiger charge is -2.08. The summed E-state index contributed by atoms with van der Waals surface area (Å²) < 4.78 is 2.67. The first-order valence-corrected chi connectivity index (χ1v) is 6.84.